The Morgan fingerprint density at radius 2 is 1.50 bits per heavy atom. The predicted molar refractivity (Wildman–Crippen MR) is 78.8 cm³/mol. The molecule has 0 N–H and O–H groups in total. The summed E-state index contributed by atoms with van der Waals surface area (Å²) in [5.74, 6) is -0.277. The van der Waals surface area contributed by atoms with Gasteiger partial charge < -0.3 is 0 Å². The van der Waals surface area contributed by atoms with E-state index in [1.54, 1.807) is 0 Å². The summed E-state index contributed by atoms with van der Waals surface area (Å²) in [6.45, 7) is 1.90. The Morgan fingerprint density at radius 3 is 2.00 bits per heavy atom. The average molecular weight is 260 g/mol. The summed E-state index contributed by atoms with van der Waals surface area (Å²) in [7, 11) is 0. The largest absolute Gasteiger partial charge is 0.198 e. The summed E-state index contributed by atoms with van der Waals surface area (Å²) < 4.78 is 0. The first-order valence-electron chi connectivity index (χ1n) is 6.61. The second kappa shape index (κ2) is 6.04. The van der Waals surface area contributed by atoms with Crippen molar-refractivity contribution in [1.82, 2.24) is 0 Å². The first kappa shape index (κ1) is 13.8. The summed E-state index contributed by atoms with van der Waals surface area (Å²) in [5, 5.41) is 19.0. The van der Waals surface area contributed by atoms with Crippen LogP contribution in [0.2, 0.25) is 0 Å². The van der Waals surface area contributed by atoms with Crippen LogP contribution in [-0.4, -0.2) is 0 Å². The van der Waals surface area contributed by atoms with Crippen LogP contribution < -0.4 is 0 Å². The maximum atomic E-state index is 9.57. The molecule has 0 aromatic heterocycles. The summed E-state index contributed by atoms with van der Waals surface area (Å²) in [5.41, 5.74) is 1.27. The van der Waals surface area contributed by atoms with Gasteiger partial charge in [0, 0.05) is 0 Å². The number of nitrogens with zero attached hydrogens (tertiary/aromatic N) is 2. The molecule has 0 aliphatic rings. The van der Waals surface area contributed by atoms with Gasteiger partial charge in [-0.2, -0.15) is 10.5 Å². The van der Waals surface area contributed by atoms with Crippen molar-refractivity contribution in [2.75, 3.05) is 0 Å². The van der Waals surface area contributed by atoms with Gasteiger partial charge in [-0.15, -0.1) is 0 Å². The Balaban J connectivity index is 2.31. The molecule has 0 aliphatic carbocycles. The first-order chi connectivity index (χ1) is 9.69. The summed E-state index contributed by atoms with van der Waals surface area (Å²) in [4.78, 5) is 0. The summed E-state index contributed by atoms with van der Waals surface area (Å²) >= 11 is 0. The highest BCUT2D eigenvalue weighted by molar-refractivity contribution is 5.34. The third-order valence-electron chi connectivity index (χ3n) is 3.63. The number of benzene rings is 2. The second-order valence-electron chi connectivity index (χ2n) is 5.11. The number of nitriles is 2. The fraction of sp³-hybridized carbons (Fsp3) is 0.222. The van der Waals surface area contributed by atoms with Crippen molar-refractivity contribution >= 4 is 0 Å². The van der Waals surface area contributed by atoms with Crippen molar-refractivity contribution in [3.8, 4) is 12.1 Å². The highest BCUT2D eigenvalue weighted by Crippen LogP contribution is 2.34. The van der Waals surface area contributed by atoms with Crippen molar-refractivity contribution in [3.05, 3.63) is 71.8 Å². The van der Waals surface area contributed by atoms with Crippen molar-refractivity contribution in [1.29, 1.82) is 10.5 Å². The molecule has 0 saturated carbocycles. The Morgan fingerprint density at radius 1 is 0.950 bits per heavy atom. The zero-order valence-corrected chi connectivity index (χ0v) is 11.5. The molecule has 2 heteroatoms. The van der Waals surface area contributed by atoms with Crippen LogP contribution in [-0.2, 0) is 5.41 Å². The van der Waals surface area contributed by atoms with E-state index < -0.39 is 5.41 Å². The monoisotopic (exact) mass is 260 g/mol. The quantitative estimate of drug-likeness (QED) is 0.828. The third kappa shape index (κ3) is 2.87. The van der Waals surface area contributed by atoms with Gasteiger partial charge in [-0.25, -0.2) is 0 Å². The molecule has 2 aromatic carbocycles. The second-order valence-corrected chi connectivity index (χ2v) is 5.11. The molecule has 2 rings (SSSR count). The molecule has 0 fully saturated rings. The van der Waals surface area contributed by atoms with E-state index in [0.717, 1.165) is 11.1 Å². The van der Waals surface area contributed by atoms with Gasteiger partial charge >= 0.3 is 0 Å². The molecule has 20 heavy (non-hydrogen) atoms. The Hall–Kier alpha value is -2.58. The van der Waals surface area contributed by atoms with E-state index in [0.29, 0.717) is 6.42 Å². The molecular weight excluding hydrogens is 244 g/mol. The van der Waals surface area contributed by atoms with Crippen molar-refractivity contribution in [2.45, 2.75) is 24.7 Å². The van der Waals surface area contributed by atoms with E-state index in [4.69, 9.17) is 0 Å². The normalized spacial score (nSPS) is 14.6. The van der Waals surface area contributed by atoms with Gasteiger partial charge in [0.15, 0.2) is 0 Å². The number of rotatable bonds is 4. The van der Waals surface area contributed by atoms with Crippen LogP contribution in [0.5, 0.6) is 0 Å². The van der Waals surface area contributed by atoms with E-state index in [1.165, 1.54) is 0 Å². The van der Waals surface area contributed by atoms with Gasteiger partial charge in [-0.1, -0.05) is 60.7 Å². The number of hydrogen-bond donors (Lipinski definition) is 0. The molecule has 2 aromatic rings. The first-order valence-corrected chi connectivity index (χ1v) is 6.61. The standard InChI is InChI=1S/C18H16N2/c1-18(14-20,17-10-6-3-7-11-17)12-16(13-19)15-8-4-2-5-9-15/h2-11,16H,12H2,1H3. The minimum Gasteiger partial charge on any atom is -0.198 e. The van der Waals surface area contributed by atoms with E-state index in [1.807, 2.05) is 67.6 Å². The molecule has 98 valence electrons. The fourth-order valence-electron chi connectivity index (χ4n) is 2.37. The van der Waals surface area contributed by atoms with E-state index in [9.17, 15) is 10.5 Å². The zero-order valence-electron chi connectivity index (χ0n) is 11.5. The molecule has 2 atom stereocenters. The van der Waals surface area contributed by atoms with Crippen LogP contribution in [0.4, 0.5) is 0 Å². The highest BCUT2D eigenvalue weighted by Gasteiger charge is 2.30. The lowest BCUT2D eigenvalue weighted by Crippen LogP contribution is -2.22. The minimum atomic E-state index is -0.655. The molecule has 0 radical (unpaired) electrons. The van der Waals surface area contributed by atoms with Gasteiger partial charge in [-0.3, -0.25) is 0 Å². The Bertz CT molecular complexity index is 635. The molecule has 0 heterocycles. The maximum Gasteiger partial charge on any atom is 0.0810 e. The molecule has 0 bridgehead atoms. The topological polar surface area (TPSA) is 47.6 Å². The van der Waals surface area contributed by atoms with Gasteiger partial charge in [0.1, 0.15) is 0 Å². The average Bonchev–Trinajstić information content (AvgIpc) is 2.54. The molecule has 0 saturated heterocycles. The number of hydrogen-bond acceptors (Lipinski definition) is 2. The SMILES string of the molecule is CC(C#N)(CC(C#N)c1ccccc1)c1ccccc1. The maximum absolute atomic E-state index is 9.57. The fourth-order valence-corrected chi connectivity index (χ4v) is 2.37. The molecule has 2 unspecified atom stereocenters. The summed E-state index contributed by atoms with van der Waals surface area (Å²) in [6.07, 6.45) is 0.494. The Kier molecular flexibility index (Phi) is 4.18. The van der Waals surface area contributed by atoms with E-state index in [-0.39, 0.29) is 5.92 Å². The molecule has 2 nitrogen and oxygen atoms in total. The van der Waals surface area contributed by atoms with Crippen LogP contribution in [0.15, 0.2) is 60.7 Å². The zero-order chi connectivity index (χ0) is 14.4. The lowest BCUT2D eigenvalue weighted by molar-refractivity contribution is 0.525. The van der Waals surface area contributed by atoms with Crippen molar-refractivity contribution in [2.24, 2.45) is 0 Å². The molecule has 0 amide bonds. The van der Waals surface area contributed by atoms with Crippen LogP contribution >= 0.6 is 0 Å². The van der Waals surface area contributed by atoms with Crippen molar-refractivity contribution < 1.29 is 0 Å². The van der Waals surface area contributed by atoms with Crippen molar-refractivity contribution in [3.63, 3.8) is 0 Å². The molecular formula is C18H16N2. The predicted octanol–water partition coefficient (Wildman–Crippen LogP) is 4.17. The lowest BCUT2D eigenvalue weighted by Gasteiger charge is -2.24. The van der Waals surface area contributed by atoms with E-state index >= 15 is 0 Å². The van der Waals surface area contributed by atoms with Crippen LogP contribution in [0.1, 0.15) is 30.4 Å². The molecule has 0 aliphatic heterocycles. The smallest absolute Gasteiger partial charge is 0.0810 e. The van der Waals surface area contributed by atoms with E-state index in [2.05, 4.69) is 12.1 Å². The summed E-state index contributed by atoms with van der Waals surface area (Å²) in [6, 6.07) is 24.0. The Labute approximate surface area is 119 Å². The highest BCUT2D eigenvalue weighted by atomic mass is 14.4. The van der Waals surface area contributed by atoms with Gasteiger partial charge in [0.25, 0.3) is 0 Å². The van der Waals surface area contributed by atoms with Gasteiger partial charge in [0.2, 0.25) is 0 Å². The van der Waals surface area contributed by atoms with Gasteiger partial charge in [0.05, 0.1) is 23.5 Å². The van der Waals surface area contributed by atoms with Crippen LogP contribution in [0, 0.1) is 22.7 Å². The van der Waals surface area contributed by atoms with Crippen LogP contribution in [0.3, 0.4) is 0 Å². The van der Waals surface area contributed by atoms with Gasteiger partial charge in [-0.05, 0) is 24.5 Å². The van der Waals surface area contributed by atoms with Crippen LogP contribution in [0.25, 0.3) is 0 Å². The minimum absolute atomic E-state index is 0.277. The lowest BCUT2D eigenvalue weighted by atomic mass is 9.75. The third-order valence-corrected chi connectivity index (χ3v) is 3.63. The molecule has 0 spiro atoms.